The third-order valence-corrected chi connectivity index (χ3v) is 6.02. The molecule has 4 rings (SSSR count). The summed E-state index contributed by atoms with van der Waals surface area (Å²) in [6, 6.07) is 23.8. The summed E-state index contributed by atoms with van der Waals surface area (Å²) in [6.07, 6.45) is 4.05. The summed E-state index contributed by atoms with van der Waals surface area (Å²) in [5.41, 5.74) is 3.77. The third-order valence-electron chi connectivity index (χ3n) is 4.97. The molecule has 158 valence electrons. The molecule has 0 fully saturated rings. The fourth-order valence-electron chi connectivity index (χ4n) is 3.35. The maximum absolute atomic E-state index is 13.1. The Morgan fingerprint density at radius 2 is 1.81 bits per heavy atom. The van der Waals surface area contributed by atoms with E-state index in [1.807, 2.05) is 88.3 Å². The van der Waals surface area contributed by atoms with Crippen LogP contribution in [0.15, 0.2) is 90.1 Å². The maximum atomic E-state index is 13.1. The van der Waals surface area contributed by atoms with Crippen molar-refractivity contribution >= 4 is 23.3 Å². The highest BCUT2D eigenvalue weighted by Gasteiger charge is 2.16. The van der Waals surface area contributed by atoms with E-state index in [9.17, 15) is 4.79 Å². The van der Waals surface area contributed by atoms with Crippen LogP contribution in [0.1, 0.15) is 21.6 Å². The molecule has 2 aromatic heterocycles. The monoisotopic (exact) mass is 431 g/mol. The number of carbonyl (C=O) groups excluding carboxylic acids is 1. The number of methoxy groups -OCH3 is 1. The lowest BCUT2D eigenvalue weighted by atomic mass is 10.1. The topological polar surface area (TPSA) is 46.8 Å². The minimum absolute atomic E-state index is 0.0119. The number of carbonyl (C=O) groups is 1. The molecule has 31 heavy (non-hydrogen) atoms. The van der Waals surface area contributed by atoms with Crippen molar-refractivity contribution in [3.8, 4) is 0 Å². The Bertz CT molecular complexity index is 1090. The van der Waals surface area contributed by atoms with Crippen molar-refractivity contribution in [1.29, 1.82) is 0 Å². The number of thioether (sulfide) groups is 1. The van der Waals surface area contributed by atoms with E-state index in [2.05, 4.69) is 11.2 Å². The van der Waals surface area contributed by atoms with Gasteiger partial charge in [-0.05, 0) is 42.0 Å². The molecule has 1 amide bonds. The second-order valence-corrected chi connectivity index (χ2v) is 8.27. The zero-order valence-corrected chi connectivity index (χ0v) is 18.3. The molecule has 4 aromatic rings. The van der Waals surface area contributed by atoms with Gasteiger partial charge < -0.3 is 14.0 Å². The van der Waals surface area contributed by atoms with E-state index in [-0.39, 0.29) is 5.91 Å². The van der Waals surface area contributed by atoms with Crippen molar-refractivity contribution in [3.63, 3.8) is 0 Å². The average Bonchev–Trinajstić information content (AvgIpc) is 3.24. The van der Waals surface area contributed by atoms with Crippen LogP contribution < -0.4 is 0 Å². The number of nitrogens with zero attached hydrogens (tertiary/aromatic N) is 3. The number of hydrogen-bond donors (Lipinski definition) is 0. The number of hydrogen-bond acceptors (Lipinski definition) is 4. The highest BCUT2D eigenvalue weighted by atomic mass is 32.2. The van der Waals surface area contributed by atoms with Gasteiger partial charge in [0.15, 0.2) is 0 Å². The highest BCUT2D eigenvalue weighted by Crippen LogP contribution is 2.23. The molecule has 0 saturated carbocycles. The van der Waals surface area contributed by atoms with Gasteiger partial charge in [0.2, 0.25) is 0 Å². The van der Waals surface area contributed by atoms with Crippen molar-refractivity contribution in [1.82, 2.24) is 14.3 Å². The predicted molar refractivity (Wildman–Crippen MR) is 124 cm³/mol. The van der Waals surface area contributed by atoms with Gasteiger partial charge in [-0.25, -0.2) is 4.98 Å². The fourth-order valence-corrected chi connectivity index (χ4v) is 4.13. The van der Waals surface area contributed by atoms with Crippen LogP contribution in [-0.2, 0) is 17.0 Å². The van der Waals surface area contributed by atoms with Crippen LogP contribution >= 0.6 is 11.8 Å². The summed E-state index contributed by atoms with van der Waals surface area (Å²) in [7, 11) is 1.65. The lowest BCUT2D eigenvalue weighted by Crippen LogP contribution is -2.33. The van der Waals surface area contributed by atoms with Gasteiger partial charge in [0.05, 0.1) is 12.3 Å². The smallest absolute Gasteiger partial charge is 0.254 e. The lowest BCUT2D eigenvalue weighted by Gasteiger charge is -2.22. The minimum atomic E-state index is 0.0119. The van der Waals surface area contributed by atoms with E-state index in [0.717, 1.165) is 27.6 Å². The number of ether oxygens (including phenoxy) is 1. The molecule has 0 aliphatic rings. The van der Waals surface area contributed by atoms with Gasteiger partial charge >= 0.3 is 0 Å². The summed E-state index contributed by atoms with van der Waals surface area (Å²) in [5.74, 6) is 0.793. The lowest BCUT2D eigenvalue weighted by molar-refractivity contribution is 0.0680. The molecule has 0 atom stereocenters. The Labute approximate surface area is 186 Å². The van der Waals surface area contributed by atoms with Crippen molar-refractivity contribution in [2.24, 2.45) is 0 Å². The first-order valence-electron chi connectivity index (χ1n) is 10.2. The van der Waals surface area contributed by atoms with Crippen molar-refractivity contribution in [3.05, 3.63) is 102 Å². The minimum Gasteiger partial charge on any atom is -0.383 e. The Morgan fingerprint density at radius 3 is 2.55 bits per heavy atom. The van der Waals surface area contributed by atoms with E-state index >= 15 is 0 Å². The van der Waals surface area contributed by atoms with Crippen molar-refractivity contribution < 1.29 is 9.53 Å². The zero-order valence-electron chi connectivity index (χ0n) is 17.5. The number of rotatable bonds is 9. The summed E-state index contributed by atoms with van der Waals surface area (Å²) >= 11 is 1.71. The van der Waals surface area contributed by atoms with E-state index in [0.29, 0.717) is 25.3 Å². The third kappa shape index (κ3) is 5.54. The number of amides is 1. The van der Waals surface area contributed by atoms with Gasteiger partial charge in [-0.1, -0.05) is 36.4 Å². The summed E-state index contributed by atoms with van der Waals surface area (Å²) in [4.78, 5) is 20.7. The first-order valence-corrected chi connectivity index (χ1v) is 11.2. The summed E-state index contributed by atoms with van der Waals surface area (Å²) in [5, 5.41) is 0. The van der Waals surface area contributed by atoms with Gasteiger partial charge in [0.25, 0.3) is 5.91 Å². The molecular formula is C25H25N3O2S. The van der Waals surface area contributed by atoms with E-state index in [4.69, 9.17) is 4.74 Å². The molecule has 2 heterocycles. The molecule has 0 spiro atoms. The van der Waals surface area contributed by atoms with Gasteiger partial charge in [-0.3, -0.25) is 4.79 Å². The number of imidazole rings is 1. The van der Waals surface area contributed by atoms with Gasteiger partial charge in [0.1, 0.15) is 5.65 Å². The molecular weight excluding hydrogens is 406 g/mol. The van der Waals surface area contributed by atoms with Crippen LogP contribution in [0.5, 0.6) is 0 Å². The SMILES string of the molecule is COCCN(Cc1ccccc1)C(=O)c1ccc(SCc2cn3ccccc3n2)cc1. The van der Waals surface area contributed by atoms with Crippen LogP contribution in [-0.4, -0.2) is 40.5 Å². The fraction of sp³-hybridized carbons (Fsp3) is 0.200. The first kappa shape index (κ1) is 21.2. The van der Waals surface area contributed by atoms with E-state index in [1.54, 1.807) is 18.9 Å². The predicted octanol–water partition coefficient (Wildman–Crippen LogP) is 4.92. The molecule has 6 heteroatoms. The molecule has 0 aliphatic heterocycles. The largest absolute Gasteiger partial charge is 0.383 e. The summed E-state index contributed by atoms with van der Waals surface area (Å²) < 4.78 is 7.23. The molecule has 0 aliphatic carbocycles. The number of aromatic nitrogens is 2. The van der Waals surface area contributed by atoms with Gasteiger partial charge in [-0.2, -0.15) is 0 Å². The Morgan fingerprint density at radius 1 is 1.03 bits per heavy atom. The normalized spacial score (nSPS) is 11.0. The number of benzene rings is 2. The van der Waals surface area contributed by atoms with E-state index in [1.165, 1.54) is 0 Å². The van der Waals surface area contributed by atoms with Crippen LogP contribution in [0.3, 0.4) is 0 Å². The molecule has 0 bridgehead atoms. The average molecular weight is 432 g/mol. The Kier molecular flexibility index (Phi) is 7.02. The Hall–Kier alpha value is -3.09. The molecule has 0 unspecified atom stereocenters. The zero-order chi connectivity index (χ0) is 21.5. The number of pyridine rings is 1. The van der Waals surface area contributed by atoms with Crippen LogP contribution in [0.25, 0.3) is 5.65 Å². The second kappa shape index (κ2) is 10.3. The standard InChI is InChI=1S/C25H25N3O2S/c1-30-16-15-28(17-20-7-3-2-4-8-20)25(29)21-10-12-23(13-11-21)31-19-22-18-27-14-6-5-9-24(27)26-22/h2-14,18H,15-17,19H2,1H3. The quantitative estimate of drug-likeness (QED) is 0.353. The van der Waals surface area contributed by atoms with Crippen LogP contribution in [0, 0.1) is 0 Å². The van der Waals surface area contributed by atoms with Crippen LogP contribution in [0.4, 0.5) is 0 Å². The molecule has 0 saturated heterocycles. The Balaban J connectivity index is 1.40. The van der Waals surface area contributed by atoms with Crippen molar-refractivity contribution in [2.45, 2.75) is 17.2 Å². The first-order chi connectivity index (χ1) is 15.2. The van der Waals surface area contributed by atoms with Gasteiger partial charge in [0, 0.05) is 48.8 Å². The second-order valence-electron chi connectivity index (χ2n) is 7.22. The van der Waals surface area contributed by atoms with E-state index < -0.39 is 0 Å². The number of fused-ring (bicyclic) bond motifs is 1. The molecule has 0 N–H and O–H groups in total. The molecule has 5 nitrogen and oxygen atoms in total. The highest BCUT2D eigenvalue weighted by molar-refractivity contribution is 7.98. The van der Waals surface area contributed by atoms with Crippen molar-refractivity contribution in [2.75, 3.05) is 20.3 Å². The molecule has 2 aromatic carbocycles. The maximum Gasteiger partial charge on any atom is 0.254 e. The summed E-state index contributed by atoms with van der Waals surface area (Å²) in [6.45, 7) is 1.62. The van der Waals surface area contributed by atoms with Crippen LogP contribution in [0.2, 0.25) is 0 Å². The molecule has 0 radical (unpaired) electrons. The van der Waals surface area contributed by atoms with Gasteiger partial charge in [-0.15, -0.1) is 11.8 Å².